The van der Waals surface area contributed by atoms with Gasteiger partial charge < -0.3 is 25.0 Å². The van der Waals surface area contributed by atoms with E-state index in [0.717, 1.165) is 0 Å². The van der Waals surface area contributed by atoms with Crippen LogP contribution in [0.3, 0.4) is 0 Å². The second-order valence-corrected chi connectivity index (χ2v) is 5.11. The molecule has 0 spiro atoms. The van der Waals surface area contributed by atoms with E-state index in [2.05, 4.69) is 6.58 Å². The van der Waals surface area contributed by atoms with Gasteiger partial charge in [0.05, 0.1) is 0 Å². The van der Waals surface area contributed by atoms with Crippen molar-refractivity contribution in [1.29, 1.82) is 0 Å². The van der Waals surface area contributed by atoms with Crippen LogP contribution >= 0.6 is 15.2 Å². The van der Waals surface area contributed by atoms with E-state index >= 15 is 0 Å². The summed E-state index contributed by atoms with van der Waals surface area (Å²) in [5.74, 6) is 0. The maximum Gasteiger partial charge on any atom is 0.363 e. The molecule has 0 rings (SSSR count). The minimum atomic E-state index is -4.84. The second kappa shape index (κ2) is 3.60. The molecule has 0 fully saturated rings. The Hall–Kier alpha value is -0.0000000000000000694. The predicted octanol–water partition coefficient (Wildman–Crippen LogP) is -1.01. The fraction of sp³-hybridized carbons (Fsp3) is 0. The molecular formula is C2H8O7P2. The summed E-state index contributed by atoms with van der Waals surface area (Å²) in [5.41, 5.74) is 0. The molecule has 0 amide bonds. The lowest BCUT2D eigenvalue weighted by Crippen LogP contribution is -1.85. The Balaban J connectivity index is 0. The van der Waals surface area contributed by atoms with E-state index in [1.165, 1.54) is 0 Å². The van der Waals surface area contributed by atoms with Crippen LogP contribution in [0.15, 0.2) is 11.6 Å². The van der Waals surface area contributed by atoms with E-state index < -0.39 is 20.2 Å². The van der Waals surface area contributed by atoms with Gasteiger partial charge in [-0.25, -0.2) is 0 Å². The van der Waals surface area contributed by atoms with Gasteiger partial charge in [-0.15, -0.1) is 0 Å². The lowest BCUT2D eigenvalue weighted by Gasteiger charge is -2.07. The van der Waals surface area contributed by atoms with Gasteiger partial charge in [0.25, 0.3) is 0 Å². The normalized spacial score (nSPS) is 12.0. The van der Waals surface area contributed by atoms with Crippen LogP contribution in [-0.2, 0) is 9.13 Å². The Morgan fingerprint density at radius 2 is 1.18 bits per heavy atom. The highest BCUT2D eigenvalue weighted by atomic mass is 31.2. The monoisotopic (exact) mass is 206 g/mol. The van der Waals surface area contributed by atoms with Crippen molar-refractivity contribution >= 4 is 15.2 Å². The molecule has 0 atom stereocenters. The quantitative estimate of drug-likeness (QED) is 0.425. The summed E-state index contributed by atoms with van der Waals surface area (Å²) >= 11 is 0. The predicted molar refractivity (Wildman–Crippen MR) is 36.8 cm³/mol. The first kappa shape index (κ1) is 13.6. The van der Waals surface area contributed by atoms with Crippen LogP contribution in [0.5, 0.6) is 0 Å². The van der Waals surface area contributed by atoms with E-state index in [1.807, 2.05) is 0 Å². The summed E-state index contributed by atoms with van der Waals surface area (Å²) in [5, 5.41) is -1.35. The Morgan fingerprint density at radius 3 is 1.18 bits per heavy atom. The summed E-state index contributed by atoms with van der Waals surface area (Å²) < 4.78 is 20.2. The highest BCUT2D eigenvalue weighted by Crippen LogP contribution is 2.62. The third-order valence-electron chi connectivity index (χ3n) is 0.672. The fourth-order valence-corrected chi connectivity index (χ4v) is 1.53. The molecular weight excluding hydrogens is 198 g/mol. The Kier molecular flexibility index (Phi) is 4.44. The van der Waals surface area contributed by atoms with E-state index in [9.17, 15) is 9.13 Å². The molecule has 0 unspecified atom stereocenters. The van der Waals surface area contributed by atoms with Gasteiger partial charge in [-0.2, -0.15) is 0 Å². The van der Waals surface area contributed by atoms with E-state index in [-0.39, 0.29) is 5.48 Å². The highest BCUT2D eigenvalue weighted by molar-refractivity contribution is 7.77. The minimum Gasteiger partial charge on any atom is -0.412 e. The molecule has 7 nitrogen and oxygen atoms in total. The van der Waals surface area contributed by atoms with Crippen LogP contribution in [0, 0.1) is 0 Å². The Labute approximate surface area is 62.0 Å². The van der Waals surface area contributed by atoms with Crippen molar-refractivity contribution in [3.63, 3.8) is 0 Å². The first-order valence-corrected chi connectivity index (χ1v) is 5.19. The second-order valence-electron chi connectivity index (χ2n) is 1.50. The summed E-state index contributed by atoms with van der Waals surface area (Å²) in [7, 11) is -9.67. The van der Waals surface area contributed by atoms with Gasteiger partial charge in [-0.3, -0.25) is 9.13 Å². The largest absolute Gasteiger partial charge is 0.412 e. The molecule has 11 heavy (non-hydrogen) atoms. The molecule has 0 aliphatic heterocycles. The molecule has 0 saturated heterocycles. The summed E-state index contributed by atoms with van der Waals surface area (Å²) in [6.07, 6.45) is 0. The van der Waals surface area contributed by atoms with Crippen LogP contribution in [0.25, 0.3) is 0 Å². The first-order valence-electron chi connectivity index (χ1n) is 1.97. The van der Waals surface area contributed by atoms with E-state index in [0.29, 0.717) is 0 Å². The zero-order valence-electron chi connectivity index (χ0n) is 5.21. The average molecular weight is 206 g/mol. The summed E-state index contributed by atoms with van der Waals surface area (Å²) in [6.45, 7) is 2.57. The molecule has 0 aliphatic rings. The van der Waals surface area contributed by atoms with Crippen molar-refractivity contribution in [1.82, 2.24) is 0 Å². The maximum absolute atomic E-state index is 10.1. The molecule has 0 aliphatic carbocycles. The minimum absolute atomic E-state index is 0. The van der Waals surface area contributed by atoms with Gasteiger partial charge in [0.15, 0.2) is 0 Å². The average Bonchev–Trinajstić information content (AvgIpc) is 1.59. The van der Waals surface area contributed by atoms with Gasteiger partial charge in [-0.05, 0) is 0 Å². The molecule has 0 bridgehead atoms. The molecule has 0 radical (unpaired) electrons. The third-order valence-corrected chi connectivity index (χ3v) is 3.58. The van der Waals surface area contributed by atoms with E-state index in [4.69, 9.17) is 19.6 Å². The number of rotatable bonds is 2. The lowest BCUT2D eigenvalue weighted by molar-refractivity contribution is 0.367. The van der Waals surface area contributed by atoms with Crippen molar-refractivity contribution in [2.45, 2.75) is 0 Å². The molecule has 0 saturated carbocycles. The standard InChI is InChI=1S/C2H6O6P2.H2O/c1-2(9(3,4)5)10(6,7)8;/h1H2,(H2,3,4,5)(H2,6,7,8);1H2. The van der Waals surface area contributed by atoms with Crippen LogP contribution in [0.1, 0.15) is 0 Å². The van der Waals surface area contributed by atoms with Crippen LogP contribution in [0.4, 0.5) is 0 Å². The molecule has 0 aromatic rings. The molecule has 0 aromatic heterocycles. The smallest absolute Gasteiger partial charge is 0.363 e. The number of hydrogen-bond acceptors (Lipinski definition) is 2. The topological polar surface area (TPSA) is 147 Å². The molecule has 0 aromatic carbocycles. The number of hydrogen-bond donors (Lipinski definition) is 4. The van der Waals surface area contributed by atoms with Crippen molar-refractivity contribution < 1.29 is 34.2 Å². The molecule has 6 N–H and O–H groups in total. The highest BCUT2D eigenvalue weighted by Gasteiger charge is 2.33. The first-order chi connectivity index (χ1) is 4.15. The Bertz CT molecular complexity index is 207. The van der Waals surface area contributed by atoms with Crippen molar-refractivity contribution in [2.24, 2.45) is 0 Å². The van der Waals surface area contributed by atoms with Gasteiger partial charge in [0.2, 0.25) is 0 Å². The van der Waals surface area contributed by atoms with Gasteiger partial charge in [0.1, 0.15) is 5.06 Å². The van der Waals surface area contributed by atoms with Crippen LogP contribution in [-0.4, -0.2) is 25.0 Å². The fourth-order valence-electron chi connectivity index (χ4n) is 0.170. The van der Waals surface area contributed by atoms with Crippen LogP contribution in [0.2, 0.25) is 0 Å². The zero-order valence-corrected chi connectivity index (χ0v) is 7.00. The zero-order chi connectivity index (χ0) is 8.58. The van der Waals surface area contributed by atoms with Crippen molar-refractivity contribution in [3.05, 3.63) is 11.6 Å². The molecule has 0 heterocycles. The van der Waals surface area contributed by atoms with Gasteiger partial charge in [-0.1, -0.05) is 6.58 Å². The molecule has 68 valence electrons. The maximum atomic E-state index is 10.1. The van der Waals surface area contributed by atoms with Crippen molar-refractivity contribution in [3.8, 4) is 0 Å². The summed E-state index contributed by atoms with van der Waals surface area (Å²) in [4.78, 5) is 32.6. The SMILES string of the molecule is C=C(P(=O)(O)O)P(=O)(O)O.O. The lowest BCUT2D eigenvalue weighted by atomic mass is 11.2. The Morgan fingerprint density at radius 1 is 1.00 bits per heavy atom. The van der Waals surface area contributed by atoms with Crippen molar-refractivity contribution in [2.75, 3.05) is 0 Å². The van der Waals surface area contributed by atoms with E-state index in [1.54, 1.807) is 0 Å². The van der Waals surface area contributed by atoms with Gasteiger partial charge in [0, 0.05) is 0 Å². The molecule has 9 heteroatoms. The van der Waals surface area contributed by atoms with Crippen LogP contribution < -0.4 is 0 Å². The third kappa shape index (κ3) is 4.44. The summed E-state index contributed by atoms with van der Waals surface area (Å²) in [6, 6.07) is 0. The van der Waals surface area contributed by atoms with Gasteiger partial charge >= 0.3 is 15.2 Å².